The second-order valence-corrected chi connectivity index (χ2v) is 7.90. The van der Waals surface area contributed by atoms with E-state index in [9.17, 15) is 0 Å². The molecule has 0 radical (unpaired) electrons. The Kier molecular flexibility index (Phi) is 4.66. The fourth-order valence-electron chi connectivity index (χ4n) is 1.59. The first-order valence-electron chi connectivity index (χ1n) is 5.01. The normalized spacial score (nSPS) is 12.7. The van der Waals surface area contributed by atoms with Crippen LogP contribution in [0.2, 0.25) is 5.02 Å². The molecule has 1 atom stereocenters. The Labute approximate surface area is 126 Å². The third-order valence-corrected chi connectivity index (χ3v) is 5.09. The second-order valence-electron chi connectivity index (χ2n) is 3.72. The molecular formula is C12H10Br2ClNS. The molecule has 5 heteroatoms. The van der Waals surface area contributed by atoms with E-state index in [1.165, 1.54) is 5.56 Å². The second kappa shape index (κ2) is 5.85. The summed E-state index contributed by atoms with van der Waals surface area (Å²) in [6, 6.07) is 9.86. The van der Waals surface area contributed by atoms with Crippen LogP contribution in [0.25, 0.3) is 0 Å². The Hall–Kier alpha value is 0.130. The van der Waals surface area contributed by atoms with Crippen molar-refractivity contribution in [2.45, 2.75) is 12.5 Å². The molecule has 1 aromatic heterocycles. The van der Waals surface area contributed by atoms with E-state index in [0.717, 1.165) is 24.6 Å². The van der Waals surface area contributed by atoms with E-state index in [1.807, 2.05) is 24.3 Å². The van der Waals surface area contributed by atoms with E-state index in [2.05, 4.69) is 37.9 Å². The molecule has 17 heavy (non-hydrogen) atoms. The molecule has 1 aromatic carbocycles. The SMILES string of the molecule is NC(Cc1ccc(Cl)cc1)c1cc(Br)sc1Br. The third kappa shape index (κ3) is 3.55. The Bertz CT molecular complexity index is 510. The molecule has 2 N–H and O–H groups in total. The Morgan fingerprint density at radius 3 is 2.41 bits per heavy atom. The van der Waals surface area contributed by atoms with Gasteiger partial charge in [-0.25, -0.2) is 0 Å². The number of thiophene rings is 1. The van der Waals surface area contributed by atoms with Crippen LogP contribution in [0, 0.1) is 0 Å². The van der Waals surface area contributed by atoms with E-state index in [4.69, 9.17) is 17.3 Å². The summed E-state index contributed by atoms with van der Waals surface area (Å²) >= 11 is 14.5. The van der Waals surface area contributed by atoms with Gasteiger partial charge >= 0.3 is 0 Å². The topological polar surface area (TPSA) is 26.0 Å². The average molecular weight is 396 g/mol. The van der Waals surface area contributed by atoms with E-state index in [0.29, 0.717) is 0 Å². The number of hydrogen-bond donors (Lipinski definition) is 1. The molecule has 2 rings (SSSR count). The van der Waals surface area contributed by atoms with Crippen molar-refractivity contribution >= 4 is 54.8 Å². The van der Waals surface area contributed by atoms with Gasteiger partial charge in [0.2, 0.25) is 0 Å². The molecule has 2 aromatic rings. The maximum absolute atomic E-state index is 6.20. The summed E-state index contributed by atoms with van der Waals surface area (Å²) in [4.78, 5) is 0. The molecule has 0 fully saturated rings. The molecule has 1 unspecified atom stereocenters. The molecule has 1 heterocycles. The van der Waals surface area contributed by atoms with Crippen molar-refractivity contribution in [2.24, 2.45) is 5.73 Å². The van der Waals surface area contributed by atoms with Gasteiger partial charge < -0.3 is 5.73 Å². The molecule has 90 valence electrons. The lowest BCUT2D eigenvalue weighted by Gasteiger charge is -2.11. The predicted octanol–water partition coefficient (Wildman–Crippen LogP) is 5.17. The first kappa shape index (κ1) is 13.6. The Morgan fingerprint density at radius 2 is 1.88 bits per heavy atom. The summed E-state index contributed by atoms with van der Waals surface area (Å²) in [5.74, 6) is 0. The van der Waals surface area contributed by atoms with E-state index in [1.54, 1.807) is 11.3 Å². The van der Waals surface area contributed by atoms with Gasteiger partial charge in [-0.15, -0.1) is 11.3 Å². The van der Waals surface area contributed by atoms with Crippen molar-refractivity contribution in [3.63, 3.8) is 0 Å². The standard InChI is InChI=1S/C12H10Br2ClNS/c13-11-6-9(12(14)17-11)10(16)5-7-1-3-8(15)4-2-7/h1-4,6,10H,5,16H2. The van der Waals surface area contributed by atoms with Gasteiger partial charge in [-0.2, -0.15) is 0 Å². The average Bonchev–Trinajstić information content (AvgIpc) is 2.61. The van der Waals surface area contributed by atoms with Crippen molar-refractivity contribution < 1.29 is 0 Å². The molecule has 0 saturated heterocycles. The minimum Gasteiger partial charge on any atom is -0.324 e. The number of benzene rings is 1. The molecule has 0 aliphatic heterocycles. The van der Waals surface area contributed by atoms with Crippen LogP contribution in [0.15, 0.2) is 37.9 Å². The zero-order valence-corrected chi connectivity index (χ0v) is 13.5. The molecule has 0 saturated carbocycles. The predicted molar refractivity (Wildman–Crippen MR) is 81.8 cm³/mol. The summed E-state index contributed by atoms with van der Waals surface area (Å²) in [5, 5.41) is 0.752. The van der Waals surface area contributed by atoms with Crippen molar-refractivity contribution in [3.05, 3.63) is 54.1 Å². The maximum Gasteiger partial charge on any atom is 0.0758 e. The zero-order chi connectivity index (χ0) is 12.4. The number of rotatable bonds is 3. The molecule has 0 spiro atoms. The van der Waals surface area contributed by atoms with E-state index < -0.39 is 0 Å². The highest BCUT2D eigenvalue weighted by Crippen LogP contribution is 2.35. The summed E-state index contributed by atoms with van der Waals surface area (Å²) in [6.07, 6.45) is 0.805. The highest BCUT2D eigenvalue weighted by atomic mass is 79.9. The van der Waals surface area contributed by atoms with Gasteiger partial charge in [0, 0.05) is 11.1 Å². The van der Waals surface area contributed by atoms with Gasteiger partial charge in [0.25, 0.3) is 0 Å². The van der Waals surface area contributed by atoms with Crippen LogP contribution in [0.1, 0.15) is 17.2 Å². The lowest BCUT2D eigenvalue weighted by molar-refractivity contribution is 0.722. The van der Waals surface area contributed by atoms with Crippen molar-refractivity contribution in [1.29, 1.82) is 0 Å². The smallest absolute Gasteiger partial charge is 0.0758 e. The number of halogens is 3. The maximum atomic E-state index is 6.20. The lowest BCUT2D eigenvalue weighted by atomic mass is 10.0. The van der Waals surface area contributed by atoms with Crippen LogP contribution in [0.4, 0.5) is 0 Å². The van der Waals surface area contributed by atoms with E-state index >= 15 is 0 Å². The zero-order valence-electron chi connectivity index (χ0n) is 8.79. The lowest BCUT2D eigenvalue weighted by Crippen LogP contribution is -2.12. The number of hydrogen-bond acceptors (Lipinski definition) is 2. The van der Waals surface area contributed by atoms with Crippen LogP contribution >= 0.6 is 54.8 Å². The first-order chi connectivity index (χ1) is 8.06. The highest BCUT2D eigenvalue weighted by Gasteiger charge is 2.13. The quantitative estimate of drug-likeness (QED) is 0.762. The van der Waals surface area contributed by atoms with E-state index in [-0.39, 0.29) is 6.04 Å². The van der Waals surface area contributed by atoms with Crippen LogP contribution in [0.3, 0.4) is 0 Å². The minimum absolute atomic E-state index is 0.00639. The van der Waals surface area contributed by atoms with Crippen LogP contribution in [-0.2, 0) is 6.42 Å². The van der Waals surface area contributed by atoms with Crippen LogP contribution < -0.4 is 5.73 Å². The fraction of sp³-hybridized carbons (Fsp3) is 0.167. The third-order valence-electron chi connectivity index (χ3n) is 2.45. The van der Waals surface area contributed by atoms with Crippen LogP contribution in [0.5, 0.6) is 0 Å². The van der Waals surface area contributed by atoms with Crippen molar-refractivity contribution in [3.8, 4) is 0 Å². The molecule has 0 aliphatic carbocycles. The minimum atomic E-state index is -0.00639. The van der Waals surface area contributed by atoms with Gasteiger partial charge in [0.1, 0.15) is 0 Å². The van der Waals surface area contributed by atoms with Gasteiger partial charge in [0.15, 0.2) is 0 Å². The molecule has 0 amide bonds. The first-order valence-corrected chi connectivity index (χ1v) is 7.79. The summed E-state index contributed by atoms with van der Waals surface area (Å²) in [5.41, 5.74) is 8.53. The molecular weight excluding hydrogens is 385 g/mol. The van der Waals surface area contributed by atoms with Gasteiger partial charge in [-0.05, 0) is 67.6 Å². The van der Waals surface area contributed by atoms with Gasteiger partial charge in [-0.1, -0.05) is 23.7 Å². The fourth-order valence-corrected chi connectivity index (χ4v) is 4.72. The monoisotopic (exact) mass is 393 g/mol. The molecule has 0 bridgehead atoms. The summed E-state index contributed by atoms with van der Waals surface area (Å²) < 4.78 is 2.18. The summed E-state index contributed by atoms with van der Waals surface area (Å²) in [6.45, 7) is 0. The summed E-state index contributed by atoms with van der Waals surface area (Å²) in [7, 11) is 0. The Morgan fingerprint density at radius 1 is 1.24 bits per heavy atom. The van der Waals surface area contributed by atoms with Crippen molar-refractivity contribution in [2.75, 3.05) is 0 Å². The molecule has 0 aliphatic rings. The van der Waals surface area contributed by atoms with Gasteiger partial charge in [-0.3, -0.25) is 0 Å². The van der Waals surface area contributed by atoms with Crippen LogP contribution in [-0.4, -0.2) is 0 Å². The Balaban J connectivity index is 2.14. The largest absolute Gasteiger partial charge is 0.324 e. The highest BCUT2D eigenvalue weighted by molar-refractivity contribution is 9.12. The van der Waals surface area contributed by atoms with Gasteiger partial charge in [0.05, 0.1) is 7.57 Å². The molecule has 1 nitrogen and oxygen atoms in total. The number of nitrogens with two attached hydrogens (primary N) is 1. The van der Waals surface area contributed by atoms with Crippen molar-refractivity contribution in [1.82, 2.24) is 0 Å².